The number of fused-ring (bicyclic) bond motifs is 5. The first-order chi connectivity index (χ1) is 15.5. The van der Waals surface area contributed by atoms with Crippen molar-refractivity contribution < 1.29 is 9.47 Å². The molecule has 2 aromatic carbocycles. The summed E-state index contributed by atoms with van der Waals surface area (Å²) in [5.41, 5.74) is 4.95. The van der Waals surface area contributed by atoms with Gasteiger partial charge in [0.15, 0.2) is 5.65 Å². The van der Waals surface area contributed by atoms with Gasteiger partial charge in [-0.2, -0.15) is 0 Å². The first-order valence-corrected chi connectivity index (χ1v) is 11.1. The second-order valence-electron chi connectivity index (χ2n) is 9.00. The molecule has 4 aromatic rings. The fourth-order valence-corrected chi connectivity index (χ4v) is 5.11. The summed E-state index contributed by atoms with van der Waals surface area (Å²) in [6, 6.07) is 16.6. The van der Waals surface area contributed by atoms with E-state index in [1.807, 2.05) is 24.3 Å². The van der Waals surface area contributed by atoms with Crippen molar-refractivity contribution in [3.63, 3.8) is 0 Å². The van der Waals surface area contributed by atoms with E-state index in [0.29, 0.717) is 35.6 Å². The molecule has 2 aromatic heterocycles. The molecule has 0 bridgehead atoms. The van der Waals surface area contributed by atoms with E-state index in [4.69, 9.17) is 21.1 Å². The van der Waals surface area contributed by atoms with Crippen molar-refractivity contribution >= 4 is 28.5 Å². The Hall–Kier alpha value is -3.25. The lowest BCUT2D eigenvalue weighted by atomic mass is 9.65. The van der Waals surface area contributed by atoms with Gasteiger partial charge in [0.25, 0.3) is 0 Å². The van der Waals surface area contributed by atoms with Crippen LogP contribution in [0, 0.1) is 5.92 Å². The summed E-state index contributed by atoms with van der Waals surface area (Å²) in [5.74, 6) is 2.80. The molecule has 32 heavy (non-hydrogen) atoms. The van der Waals surface area contributed by atoms with Gasteiger partial charge < -0.3 is 19.8 Å². The molecule has 2 N–H and O–H groups in total. The van der Waals surface area contributed by atoms with Crippen molar-refractivity contribution in [2.45, 2.75) is 31.9 Å². The highest BCUT2D eigenvalue weighted by molar-refractivity contribution is 6.31. The minimum Gasteiger partial charge on any atom is -0.493 e. The molecule has 0 spiro atoms. The van der Waals surface area contributed by atoms with Crippen LogP contribution < -0.4 is 14.8 Å². The van der Waals surface area contributed by atoms with Gasteiger partial charge in [-0.1, -0.05) is 43.6 Å². The zero-order chi connectivity index (χ0) is 21.9. The van der Waals surface area contributed by atoms with E-state index in [2.05, 4.69) is 58.4 Å². The van der Waals surface area contributed by atoms with Crippen LogP contribution in [-0.4, -0.2) is 21.6 Å². The number of ether oxygens (including phenoxy) is 2. The third-order valence-corrected chi connectivity index (χ3v) is 6.93. The van der Waals surface area contributed by atoms with Gasteiger partial charge in [-0.25, -0.2) is 9.97 Å². The molecule has 0 saturated carbocycles. The van der Waals surface area contributed by atoms with Gasteiger partial charge in [0, 0.05) is 28.8 Å². The number of rotatable bonds is 3. The number of halogens is 1. The van der Waals surface area contributed by atoms with Crippen LogP contribution in [0.25, 0.3) is 11.2 Å². The summed E-state index contributed by atoms with van der Waals surface area (Å²) < 4.78 is 12.2. The smallest absolute Gasteiger partial charge is 0.177 e. The highest BCUT2D eigenvalue weighted by Gasteiger charge is 2.46. The lowest BCUT2D eigenvalue weighted by Crippen LogP contribution is -2.46. The van der Waals surface area contributed by atoms with E-state index in [1.54, 1.807) is 6.20 Å². The molecule has 0 fully saturated rings. The Morgan fingerprint density at radius 2 is 2.06 bits per heavy atom. The summed E-state index contributed by atoms with van der Waals surface area (Å²) in [7, 11) is 0. The number of aromatic nitrogens is 3. The number of imidazole rings is 1. The summed E-state index contributed by atoms with van der Waals surface area (Å²) in [6.07, 6.45) is 1.59. The minimum atomic E-state index is -0.0851. The molecule has 0 unspecified atom stereocenters. The van der Waals surface area contributed by atoms with Crippen molar-refractivity contribution in [2.75, 3.05) is 11.9 Å². The molecule has 0 saturated heterocycles. The fourth-order valence-electron chi connectivity index (χ4n) is 4.95. The molecule has 2 aliphatic rings. The molecule has 2 atom stereocenters. The molecule has 0 aliphatic carbocycles. The largest absolute Gasteiger partial charge is 0.493 e. The molecule has 0 amide bonds. The lowest BCUT2D eigenvalue weighted by molar-refractivity contribution is 0.135. The number of H-pyrrole nitrogens is 1. The Bertz CT molecular complexity index is 1330. The summed E-state index contributed by atoms with van der Waals surface area (Å²) in [6.45, 7) is 5.59. The lowest BCUT2D eigenvalue weighted by Gasteiger charge is -2.48. The van der Waals surface area contributed by atoms with Crippen LogP contribution in [0.15, 0.2) is 54.7 Å². The number of nitrogens with zero attached hydrogens (tertiary/aromatic N) is 2. The first kappa shape index (κ1) is 19.4. The van der Waals surface area contributed by atoms with Gasteiger partial charge in [-0.15, -0.1) is 0 Å². The van der Waals surface area contributed by atoms with Crippen LogP contribution in [0.4, 0.5) is 5.69 Å². The second kappa shape index (κ2) is 7.14. The van der Waals surface area contributed by atoms with Crippen LogP contribution in [0.2, 0.25) is 5.02 Å². The second-order valence-corrected chi connectivity index (χ2v) is 9.44. The van der Waals surface area contributed by atoms with Crippen molar-refractivity contribution in [1.29, 1.82) is 0 Å². The third-order valence-electron chi connectivity index (χ3n) is 6.73. The normalized spacial score (nSPS) is 20.5. The van der Waals surface area contributed by atoms with Gasteiger partial charge in [0.1, 0.15) is 23.9 Å². The van der Waals surface area contributed by atoms with Crippen molar-refractivity contribution in [2.24, 2.45) is 5.92 Å². The average Bonchev–Trinajstić information content (AvgIpc) is 3.20. The number of hydrogen-bond donors (Lipinski definition) is 2. The number of hydrogen-bond acceptors (Lipinski definition) is 5. The standard InChI is InChI=1S/C25H23ClN4O2/c1-25(2)17-10-15(31-13-22-28-20-9-14(26)11-27-24(20)30-22)7-8-19(17)29-23-16-5-3-4-6-21(16)32-12-18(23)25/h3-11,18,23,29H,12-13H2,1-2H3,(H,27,28,30)/t18-,23+/m0/s1. The van der Waals surface area contributed by atoms with E-state index in [9.17, 15) is 0 Å². The number of pyridine rings is 1. The predicted molar refractivity (Wildman–Crippen MR) is 124 cm³/mol. The molecule has 7 heteroatoms. The Morgan fingerprint density at radius 3 is 2.97 bits per heavy atom. The molecule has 6 nitrogen and oxygen atoms in total. The van der Waals surface area contributed by atoms with Gasteiger partial charge in [0.2, 0.25) is 0 Å². The molecular formula is C25H23ClN4O2. The molecule has 162 valence electrons. The maximum Gasteiger partial charge on any atom is 0.177 e. The topological polar surface area (TPSA) is 72.1 Å². The SMILES string of the molecule is CC1(C)c2cc(OCc3nc4ncc(Cl)cc4[nH]3)ccc2N[C@@H]2c3ccccc3OC[C@@H]21. The average molecular weight is 447 g/mol. The molecule has 6 rings (SSSR count). The van der Waals surface area contributed by atoms with Crippen LogP contribution in [0.3, 0.4) is 0 Å². The quantitative estimate of drug-likeness (QED) is 0.426. The highest BCUT2D eigenvalue weighted by Crippen LogP contribution is 2.52. The Balaban J connectivity index is 1.28. The maximum atomic E-state index is 6.12. The van der Waals surface area contributed by atoms with Gasteiger partial charge in [-0.05, 0) is 35.9 Å². The molecule has 4 heterocycles. The van der Waals surface area contributed by atoms with Gasteiger partial charge in [0.05, 0.1) is 23.2 Å². The summed E-state index contributed by atoms with van der Waals surface area (Å²) in [4.78, 5) is 11.9. The highest BCUT2D eigenvalue weighted by atomic mass is 35.5. The number of anilines is 1. The Morgan fingerprint density at radius 1 is 1.19 bits per heavy atom. The number of benzene rings is 2. The Labute approximate surface area is 190 Å². The van der Waals surface area contributed by atoms with Crippen LogP contribution in [-0.2, 0) is 12.0 Å². The third kappa shape index (κ3) is 3.09. The zero-order valence-electron chi connectivity index (χ0n) is 17.9. The molecule has 0 radical (unpaired) electrons. The van der Waals surface area contributed by atoms with Gasteiger partial charge >= 0.3 is 0 Å². The van der Waals surface area contributed by atoms with Crippen LogP contribution in [0.5, 0.6) is 11.5 Å². The van der Waals surface area contributed by atoms with Crippen molar-refractivity contribution in [3.8, 4) is 11.5 Å². The van der Waals surface area contributed by atoms with Crippen LogP contribution >= 0.6 is 11.6 Å². The Kier molecular flexibility index (Phi) is 4.33. The van der Waals surface area contributed by atoms with Crippen molar-refractivity contribution in [3.05, 3.63) is 76.7 Å². The number of nitrogens with one attached hydrogen (secondary N) is 2. The van der Waals surface area contributed by atoms with E-state index in [0.717, 1.165) is 22.7 Å². The zero-order valence-corrected chi connectivity index (χ0v) is 18.6. The predicted octanol–water partition coefficient (Wildman–Crippen LogP) is 5.64. The van der Waals surface area contributed by atoms with Crippen LogP contribution in [0.1, 0.15) is 36.8 Å². The van der Waals surface area contributed by atoms with Gasteiger partial charge in [-0.3, -0.25) is 0 Å². The van der Waals surface area contributed by atoms with Crippen molar-refractivity contribution in [1.82, 2.24) is 15.0 Å². The maximum absolute atomic E-state index is 6.12. The number of aromatic amines is 1. The van der Waals surface area contributed by atoms with E-state index < -0.39 is 0 Å². The molecular weight excluding hydrogens is 424 g/mol. The number of para-hydroxylation sites is 1. The van der Waals surface area contributed by atoms with E-state index in [1.165, 1.54) is 11.1 Å². The monoisotopic (exact) mass is 446 g/mol. The first-order valence-electron chi connectivity index (χ1n) is 10.7. The van der Waals surface area contributed by atoms with E-state index >= 15 is 0 Å². The summed E-state index contributed by atoms with van der Waals surface area (Å²) in [5, 5.41) is 4.33. The van der Waals surface area contributed by atoms with E-state index in [-0.39, 0.29) is 11.5 Å². The summed E-state index contributed by atoms with van der Waals surface area (Å²) >= 11 is 6.02. The fraction of sp³-hybridized carbons (Fsp3) is 0.280. The minimum absolute atomic E-state index is 0.0851. The molecule has 2 aliphatic heterocycles.